The molecule has 0 fully saturated rings. The molecule has 1 heterocycles. The summed E-state index contributed by atoms with van der Waals surface area (Å²) >= 11 is 0. The Kier molecular flexibility index (Phi) is 4.38. The maximum atomic E-state index is 10.4. The minimum atomic E-state index is -0.392. The van der Waals surface area contributed by atoms with Gasteiger partial charge in [-0.3, -0.25) is 20.1 Å². The molecule has 86 valence electrons. The molecule has 0 bridgehead atoms. The monoisotopic (exact) mass is 222 g/mol. The first-order valence-corrected chi connectivity index (χ1v) is 4.82. The average Bonchev–Trinajstić information content (AvgIpc) is 2.26. The highest BCUT2D eigenvalue weighted by molar-refractivity contribution is 5.82. The van der Waals surface area contributed by atoms with Gasteiger partial charge in [-0.1, -0.05) is 6.07 Å². The van der Waals surface area contributed by atoms with Crippen LogP contribution in [0, 0.1) is 10.1 Å². The van der Waals surface area contributed by atoms with E-state index in [1.54, 1.807) is 25.2 Å². The molecule has 0 unspecified atom stereocenters. The zero-order valence-electron chi connectivity index (χ0n) is 9.33. The number of aliphatic imine (C=N–C) groups is 1. The van der Waals surface area contributed by atoms with Gasteiger partial charge >= 0.3 is 0 Å². The predicted octanol–water partition coefficient (Wildman–Crippen LogP) is 0.818. The summed E-state index contributed by atoms with van der Waals surface area (Å²) in [5, 5.41) is 10.4. The van der Waals surface area contributed by atoms with Gasteiger partial charge in [-0.15, -0.1) is 0 Å². The smallest absolute Gasteiger partial charge is 0.260 e. The number of amidine groups is 1. The van der Waals surface area contributed by atoms with Crippen LogP contribution in [0.5, 0.6) is 0 Å². The largest absolute Gasteiger partial charge is 0.352 e. The lowest BCUT2D eigenvalue weighted by molar-refractivity contribution is -0.464. The van der Waals surface area contributed by atoms with Crippen LogP contribution in [0.4, 0.5) is 0 Å². The first kappa shape index (κ1) is 12.1. The second kappa shape index (κ2) is 5.79. The van der Waals surface area contributed by atoms with E-state index in [1.165, 1.54) is 0 Å². The molecule has 6 heteroatoms. The second-order valence-electron chi connectivity index (χ2n) is 3.31. The lowest BCUT2D eigenvalue weighted by atomic mass is 10.3. The lowest BCUT2D eigenvalue weighted by Crippen LogP contribution is -2.32. The molecule has 0 spiro atoms. The van der Waals surface area contributed by atoms with E-state index in [1.807, 2.05) is 18.2 Å². The number of nitrogens with zero attached hydrogens (tertiary/aromatic N) is 4. The van der Waals surface area contributed by atoms with Gasteiger partial charge in [0.2, 0.25) is 0 Å². The zero-order chi connectivity index (χ0) is 12.0. The molecule has 0 saturated heterocycles. The molecule has 0 atom stereocenters. The lowest BCUT2D eigenvalue weighted by Gasteiger charge is -2.17. The minimum Gasteiger partial charge on any atom is -0.352 e. The molecule has 1 aromatic heterocycles. The summed E-state index contributed by atoms with van der Waals surface area (Å²) in [5.74, 6) is 0.440. The van der Waals surface area contributed by atoms with Crippen molar-refractivity contribution in [1.82, 2.24) is 9.88 Å². The van der Waals surface area contributed by atoms with Crippen molar-refractivity contribution in [3.05, 3.63) is 40.2 Å². The number of hydrogen-bond acceptors (Lipinski definition) is 4. The molecule has 0 radical (unpaired) electrons. The maximum absolute atomic E-state index is 10.4. The van der Waals surface area contributed by atoms with E-state index in [9.17, 15) is 10.1 Å². The third-order valence-corrected chi connectivity index (χ3v) is 2.09. The number of hydrogen-bond donors (Lipinski definition) is 0. The van der Waals surface area contributed by atoms with Gasteiger partial charge in [0.05, 0.1) is 12.2 Å². The topological polar surface area (TPSA) is 71.6 Å². The van der Waals surface area contributed by atoms with Crippen LogP contribution in [0.3, 0.4) is 0 Å². The van der Waals surface area contributed by atoms with Gasteiger partial charge in [0, 0.05) is 25.2 Å². The van der Waals surface area contributed by atoms with Gasteiger partial charge in [0.15, 0.2) is 5.84 Å². The van der Waals surface area contributed by atoms with Crippen molar-refractivity contribution < 1.29 is 4.92 Å². The van der Waals surface area contributed by atoms with Crippen LogP contribution < -0.4 is 0 Å². The average molecular weight is 222 g/mol. The maximum Gasteiger partial charge on any atom is 0.260 e. The van der Waals surface area contributed by atoms with Crippen LogP contribution in [-0.2, 0) is 6.54 Å². The number of aromatic nitrogens is 1. The Morgan fingerprint density at radius 3 is 2.88 bits per heavy atom. The fraction of sp³-hybridized carbons (Fsp3) is 0.400. The van der Waals surface area contributed by atoms with E-state index in [2.05, 4.69) is 9.98 Å². The Morgan fingerprint density at radius 2 is 2.38 bits per heavy atom. The summed E-state index contributed by atoms with van der Waals surface area (Å²) in [6, 6.07) is 5.58. The molecular formula is C10H14N4O2. The van der Waals surface area contributed by atoms with Crippen molar-refractivity contribution in [2.24, 2.45) is 4.99 Å². The van der Waals surface area contributed by atoms with Gasteiger partial charge in [-0.05, 0) is 12.1 Å². The van der Waals surface area contributed by atoms with Crippen LogP contribution in [0.1, 0.15) is 5.69 Å². The Balaban J connectivity index is 2.64. The quantitative estimate of drug-likeness (QED) is 0.327. The Bertz CT molecular complexity index is 378. The van der Waals surface area contributed by atoms with Gasteiger partial charge in [0.25, 0.3) is 6.54 Å². The fourth-order valence-corrected chi connectivity index (χ4v) is 1.30. The number of likely N-dealkylation sites (N-methyl/N-ethyl adjacent to an activating group) is 1. The van der Waals surface area contributed by atoms with E-state index >= 15 is 0 Å². The van der Waals surface area contributed by atoms with Gasteiger partial charge in [-0.2, -0.15) is 0 Å². The van der Waals surface area contributed by atoms with Crippen LogP contribution in [0.15, 0.2) is 29.4 Å². The van der Waals surface area contributed by atoms with Crippen molar-refractivity contribution in [2.75, 3.05) is 20.6 Å². The summed E-state index contributed by atoms with van der Waals surface area (Å²) in [6.07, 6.45) is 1.69. The molecule has 0 aliphatic carbocycles. The highest BCUT2D eigenvalue weighted by Crippen LogP contribution is 2.00. The fourth-order valence-electron chi connectivity index (χ4n) is 1.30. The van der Waals surface area contributed by atoms with Crippen LogP contribution >= 0.6 is 0 Å². The van der Waals surface area contributed by atoms with E-state index < -0.39 is 4.92 Å². The zero-order valence-corrected chi connectivity index (χ0v) is 9.33. The standard InChI is InChI=1S/C10H14N4O2/c1-11-10(8-14(15)16)13(2)7-9-5-3-4-6-12-9/h3-6H,7-8H2,1-2H3. The van der Waals surface area contributed by atoms with E-state index in [4.69, 9.17) is 0 Å². The molecule has 1 rings (SSSR count). The van der Waals surface area contributed by atoms with Crippen molar-refractivity contribution in [3.63, 3.8) is 0 Å². The van der Waals surface area contributed by atoms with Crippen molar-refractivity contribution >= 4 is 5.84 Å². The summed E-state index contributed by atoms with van der Waals surface area (Å²) < 4.78 is 0. The van der Waals surface area contributed by atoms with E-state index in [0.29, 0.717) is 12.4 Å². The van der Waals surface area contributed by atoms with Crippen LogP contribution in [0.25, 0.3) is 0 Å². The van der Waals surface area contributed by atoms with Crippen molar-refractivity contribution in [1.29, 1.82) is 0 Å². The van der Waals surface area contributed by atoms with Gasteiger partial charge < -0.3 is 4.90 Å². The number of rotatable bonds is 4. The Labute approximate surface area is 93.8 Å². The molecule has 0 saturated carbocycles. The Morgan fingerprint density at radius 1 is 1.62 bits per heavy atom. The summed E-state index contributed by atoms with van der Waals surface area (Å²) in [4.78, 5) is 19.8. The van der Waals surface area contributed by atoms with Gasteiger partial charge in [0.1, 0.15) is 0 Å². The molecule has 0 aliphatic heterocycles. The molecule has 0 aromatic carbocycles. The van der Waals surface area contributed by atoms with Crippen LogP contribution in [0.2, 0.25) is 0 Å². The molecular weight excluding hydrogens is 208 g/mol. The first-order chi connectivity index (χ1) is 7.63. The van der Waals surface area contributed by atoms with Crippen LogP contribution in [-0.4, -0.2) is 41.3 Å². The molecule has 6 nitrogen and oxygen atoms in total. The molecule has 1 aromatic rings. The van der Waals surface area contributed by atoms with Crippen molar-refractivity contribution in [2.45, 2.75) is 6.54 Å². The minimum absolute atomic E-state index is 0.264. The highest BCUT2D eigenvalue weighted by atomic mass is 16.6. The molecule has 0 aliphatic rings. The molecule has 0 amide bonds. The van der Waals surface area contributed by atoms with Gasteiger partial charge in [-0.25, -0.2) is 0 Å². The number of nitro groups is 1. The SMILES string of the molecule is CN=C(C[N+](=O)[O-])N(C)Cc1ccccn1. The summed E-state index contributed by atoms with van der Waals surface area (Å²) in [7, 11) is 3.31. The third-order valence-electron chi connectivity index (χ3n) is 2.09. The number of pyridine rings is 1. The summed E-state index contributed by atoms with van der Waals surface area (Å²) in [5.41, 5.74) is 0.856. The summed E-state index contributed by atoms with van der Waals surface area (Å²) in [6.45, 7) is 0.251. The molecule has 16 heavy (non-hydrogen) atoms. The third kappa shape index (κ3) is 3.64. The van der Waals surface area contributed by atoms with E-state index in [0.717, 1.165) is 5.69 Å². The normalized spacial score (nSPS) is 11.2. The highest BCUT2D eigenvalue weighted by Gasteiger charge is 2.12. The second-order valence-corrected chi connectivity index (χ2v) is 3.31. The predicted molar refractivity (Wildman–Crippen MR) is 60.9 cm³/mol. The van der Waals surface area contributed by atoms with Crippen molar-refractivity contribution in [3.8, 4) is 0 Å². The first-order valence-electron chi connectivity index (χ1n) is 4.82. The van der Waals surface area contributed by atoms with E-state index in [-0.39, 0.29) is 6.54 Å². The molecule has 0 N–H and O–H groups in total. The Hall–Kier alpha value is -1.98.